The first kappa shape index (κ1) is 20.4. The molecule has 0 aliphatic rings. The number of nitrogens with zero attached hydrogens (tertiary/aromatic N) is 2. The van der Waals surface area contributed by atoms with Gasteiger partial charge >= 0.3 is 0 Å². The first-order valence-corrected chi connectivity index (χ1v) is 10.5. The average Bonchev–Trinajstić information content (AvgIpc) is 3.18. The lowest BCUT2D eigenvalue weighted by atomic mass is 10.1. The minimum absolute atomic E-state index is 0.0129. The van der Waals surface area contributed by atoms with Gasteiger partial charge in [-0.25, -0.2) is 4.98 Å². The molecule has 0 aliphatic carbocycles. The summed E-state index contributed by atoms with van der Waals surface area (Å²) in [4.78, 5) is 19.5. The Morgan fingerprint density at radius 3 is 2.57 bits per heavy atom. The number of para-hydroxylation sites is 1. The Kier molecular flexibility index (Phi) is 7.06. The Balaban J connectivity index is 1.68. The van der Waals surface area contributed by atoms with Crippen LogP contribution in [0.5, 0.6) is 5.75 Å². The molecule has 0 spiro atoms. The Labute approximate surface area is 174 Å². The molecule has 1 amide bonds. The molecule has 0 saturated heterocycles. The Morgan fingerprint density at radius 1 is 1.18 bits per heavy atom. The molecular formula is C22H23ClN2O2S. The van der Waals surface area contributed by atoms with E-state index in [0.29, 0.717) is 23.7 Å². The van der Waals surface area contributed by atoms with Crippen LogP contribution < -0.4 is 4.74 Å². The normalized spacial score (nSPS) is 11.8. The van der Waals surface area contributed by atoms with Gasteiger partial charge in [-0.3, -0.25) is 4.79 Å². The van der Waals surface area contributed by atoms with E-state index in [1.54, 1.807) is 35.6 Å². The predicted octanol–water partition coefficient (Wildman–Crippen LogP) is 5.82. The molecule has 0 aliphatic heterocycles. The van der Waals surface area contributed by atoms with Crippen LogP contribution in [0.25, 0.3) is 0 Å². The lowest BCUT2D eigenvalue weighted by Gasteiger charge is -2.28. The van der Waals surface area contributed by atoms with Gasteiger partial charge in [0.15, 0.2) is 0 Å². The van der Waals surface area contributed by atoms with Crippen molar-refractivity contribution in [3.63, 3.8) is 0 Å². The SMILES string of the molecule is CC[C@H](C)N(Cc1csc(COc2ccccc2)n1)C(=O)c1ccc(Cl)cc1. The summed E-state index contributed by atoms with van der Waals surface area (Å²) in [7, 11) is 0. The van der Waals surface area contributed by atoms with E-state index in [1.807, 2.05) is 40.6 Å². The third kappa shape index (κ3) is 5.33. The summed E-state index contributed by atoms with van der Waals surface area (Å²) < 4.78 is 5.76. The molecule has 28 heavy (non-hydrogen) atoms. The second-order valence-corrected chi connectivity index (χ2v) is 7.91. The van der Waals surface area contributed by atoms with Crippen LogP contribution in [-0.2, 0) is 13.2 Å². The fraction of sp³-hybridized carbons (Fsp3) is 0.273. The van der Waals surface area contributed by atoms with E-state index in [-0.39, 0.29) is 11.9 Å². The number of amides is 1. The van der Waals surface area contributed by atoms with Crippen molar-refractivity contribution < 1.29 is 9.53 Å². The molecule has 4 nitrogen and oxygen atoms in total. The summed E-state index contributed by atoms with van der Waals surface area (Å²) in [6, 6.07) is 16.8. The summed E-state index contributed by atoms with van der Waals surface area (Å²) in [5, 5.41) is 3.50. The maximum absolute atomic E-state index is 13.0. The third-order valence-electron chi connectivity index (χ3n) is 4.51. The van der Waals surface area contributed by atoms with E-state index in [9.17, 15) is 4.79 Å². The number of halogens is 1. The molecule has 0 bridgehead atoms. The molecule has 3 rings (SSSR count). The predicted molar refractivity (Wildman–Crippen MR) is 114 cm³/mol. The van der Waals surface area contributed by atoms with Gasteiger partial charge in [0.05, 0.1) is 12.2 Å². The maximum Gasteiger partial charge on any atom is 0.254 e. The number of ether oxygens (including phenoxy) is 1. The van der Waals surface area contributed by atoms with Crippen LogP contribution in [0.1, 0.15) is 41.3 Å². The Hall–Kier alpha value is -2.37. The molecule has 1 atom stereocenters. The summed E-state index contributed by atoms with van der Waals surface area (Å²) >= 11 is 7.49. The fourth-order valence-electron chi connectivity index (χ4n) is 2.73. The molecule has 3 aromatic rings. The number of benzene rings is 2. The molecule has 0 radical (unpaired) electrons. The van der Waals surface area contributed by atoms with Crippen LogP contribution in [0.2, 0.25) is 5.02 Å². The van der Waals surface area contributed by atoms with Crippen molar-refractivity contribution in [1.29, 1.82) is 0 Å². The van der Waals surface area contributed by atoms with E-state index in [1.165, 1.54) is 0 Å². The fourth-order valence-corrected chi connectivity index (χ4v) is 3.55. The van der Waals surface area contributed by atoms with Gasteiger partial charge in [0.2, 0.25) is 0 Å². The molecule has 0 N–H and O–H groups in total. The van der Waals surface area contributed by atoms with Crippen LogP contribution in [0.4, 0.5) is 0 Å². The van der Waals surface area contributed by atoms with E-state index < -0.39 is 0 Å². The Bertz CT molecular complexity index is 896. The number of hydrogen-bond acceptors (Lipinski definition) is 4. The zero-order valence-electron chi connectivity index (χ0n) is 16.0. The lowest BCUT2D eigenvalue weighted by molar-refractivity contribution is 0.0669. The van der Waals surface area contributed by atoms with Crippen LogP contribution in [-0.4, -0.2) is 21.8 Å². The number of hydrogen-bond donors (Lipinski definition) is 0. The molecule has 6 heteroatoms. The lowest BCUT2D eigenvalue weighted by Crippen LogP contribution is -2.37. The van der Waals surface area contributed by atoms with Crippen molar-refractivity contribution >= 4 is 28.8 Å². The highest BCUT2D eigenvalue weighted by Crippen LogP contribution is 2.20. The van der Waals surface area contributed by atoms with Gasteiger partial charge < -0.3 is 9.64 Å². The summed E-state index contributed by atoms with van der Waals surface area (Å²) in [6.07, 6.45) is 0.868. The van der Waals surface area contributed by atoms with E-state index in [0.717, 1.165) is 22.9 Å². The zero-order chi connectivity index (χ0) is 19.9. The van der Waals surface area contributed by atoms with E-state index >= 15 is 0 Å². The first-order chi connectivity index (χ1) is 13.6. The quantitative estimate of drug-likeness (QED) is 0.466. The van der Waals surface area contributed by atoms with Gasteiger partial charge in [0.1, 0.15) is 17.4 Å². The summed E-state index contributed by atoms with van der Waals surface area (Å²) in [5.41, 5.74) is 1.51. The largest absolute Gasteiger partial charge is 0.486 e. The van der Waals surface area contributed by atoms with Gasteiger partial charge in [0.25, 0.3) is 5.91 Å². The third-order valence-corrected chi connectivity index (χ3v) is 5.64. The van der Waals surface area contributed by atoms with Crippen LogP contribution in [0, 0.1) is 0 Å². The average molecular weight is 415 g/mol. The minimum atomic E-state index is -0.0129. The molecule has 0 unspecified atom stereocenters. The molecule has 0 fully saturated rings. The number of carbonyl (C=O) groups excluding carboxylic acids is 1. The van der Waals surface area contributed by atoms with Gasteiger partial charge in [0, 0.05) is 22.0 Å². The van der Waals surface area contributed by atoms with Gasteiger partial charge in [-0.15, -0.1) is 11.3 Å². The van der Waals surface area contributed by atoms with Gasteiger partial charge in [-0.2, -0.15) is 0 Å². The highest BCUT2D eigenvalue weighted by Gasteiger charge is 2.22. The van der Waals surface area contributed by atoms with Crippen molar-refractivity contribution in [3.05, 3.63) is 81.3 Å². The standard InChI is InChI=1S/C22H23ClN2O2S/c1-3-16(2)25(22(26)17-9-11-18(23)12-10-17)13-19-15-28-21(24-19)14-27-20-7-5-4-6-8-20/h4-12,15-16H,3,13-14H2,1-2H3/t16-/m0/s1. The molecule has 0 saturated carbocycles. The van der Waals surface area contributed by atoms with Crippen molar-refractivity contribution in [2.75, 3.05) is 0 Å². The number of rotatable bonds is 8. The van der Waals surface area contributed by atoms with E-state index in [2.05, 4.69) is 18.8 Å². The zero-order valence-corrected chi connectivity index (χ0v) is 17.5. The summed E-state index contributed by atoms with van der Waals surface area (Å²) in [6.45, 7) is 5.02. The smallest absolute Gasteiger partial charge is 0.254 e. The van der Waals surface area contributed by atoms with Crippen LogP contribution in [0.3, 0.4) is 0 Å². The maximum atomic E-state index is 13.0. The topological polar surface area (TPSA) is 42.4 Å². The second-order valence-electron chi connectivity index (χ2n) is 6.53. The molecule has 1 heterocycles. The molecule has 1 aromatic heterocycles. The van der Waals surface area contributed by atoms with E-state index in [4.69, 9.17) is 16.3 Å². The van der Waals surface area contributed by atoms with Crippen molar-refractivity contribution in [2.24, 2.45) is 0 Å². The Morgan fingerprint density at radius 2 is 1.89 bits per heavy atom. The number of carbonyl (C=O) groups is 1. The van der Waals surface area contributed by atoms with Crippen molar-refractivity contribution in [3.8, 4) is 5.75 Å². The van der Waals surface area contributed by atoms with Crippen LogP contribution in [0.15, 0.2) is 60.0 Å². The second kappa shape index (κ2) is 9.71. The van der Waals surface area contributed by atoms with Crippen LogP contribution >= 0.6 is 22.9 Å². The minimum Gasteiger partial charge on any atom is -0.486 e. The highest BCUT2D eigenvalue weighted by atomic mass is 35.5. The van der Waals surface area contributed by atoms with Crippen molar-refractivity contribution in [1.82, 2.24) is 9.88 Å². The highest BCUT2D eigenvalue weighted by molar-refractivity contribution is 7.09. The molecule has 146 valence electrons. The first-order valence-electron chi connectivity index (χ1n) is 9.24. The molecular weight excluding hydrogens is 392 g/mol. The van der Waals surface area contributed by atoms with Gasteiger partial charge in [-0.05, 0) is 49.7 Å². The van der Waals surface area contributed by atoms with Crippen molar-refractivity contribution in [2.45, 2.75) is 39.5 Å². The number of aromatic nitrogens is 1. The monoisotopic (exact) mass is 414 g/mol. The number of thiazole rings is 1. The van der Waals surface area contributed by atoms with Gasteiger partial charge in [-0.1, -0.05) is 36.7 Å². The summed E-state index contributed by atoms with van der Waals surface area (Å²) in [5.74, 6) is 0.805. The molecule has 2 aromatic carbocycles.